The summed E-state index contributed by atoms with van der Waals surface area (Å²) in [5, 5.41) is 8.43. The monoisotopic (exact) mass is 392 g/mol. The van der Waals surface area contributed by atoms with Gasteiger partial charge in [0, 0.05) is 32.7 Å². The first kappa shape index (κ1) is 22.8. The molecule has 2 aliphatic rings. The van der Waals surface area contributed by atoms with Crippen LogP contribution in [-0.4, -0.2) is 71.9 Å². The summed E-state index contributed by atoms with van der Waals surface area (Å²) in [5.41, 5.74) is 6.13. The number of unbranched alkanes of at least 4 members (excludes halogenated alkanes) is 5. The average molecular weight is 393 g/mol. The summed E-state index contributed by atoms with van der Waals surface area (Å²) in [5.74, 6) is 2.16. The minimum absolute atomic E-state index is 0.492. The van der Waals surface area contributed by atoms with Gasteiger partial charge >= 0.3 is 0 Å². The van der Waals surface area contributed by atoms with E-state index in [1.165, 1.54) is 44.9 Å². The molecule has 0 radical (unpaired) electrons. The lowest BCUT2D eigenvalue weighted by Gasteiger charge is -2.27. The van der Waals surface area contributed by atoms with Crippen molar-refractivity contribution in [1.29, 1.82) is 5.41 Å². The predicted octanol–water partition coefficient (Wildman–Crippen LogP) is 3.72. The molecule has 0 amide bonds. The number of guanidine groups is 2. The molecule has 0 aromatic carbocycles. The van der Waals surface area contributed by atoms with Gasteiger partial charge in [0.05, 0.1) is 12.6 Å². The molecule has 2 aliphatic heterocycles. The van der Waals surface area contributed by atoms with Crippen LogP contribution in [0.5, 0.6) is 0 Å². The van der Waals surface area contributed by atoms with Gasteiger partial charge in [0.25, 0.3) is 0 Å². The molecule has 3 N–H and O–H groups in total. The van der Waals surface area contributed by atoms with E-state index in [-0.39, 0.29) is 0 Å². The third-order valence-corrected chi connectivity index (χ3v) is 6.38. The number of hydrogen-bond donors (Lipinski definition) is 2. The van der Waals surface area contributed by atoms with E-state index < -0.39 is 0 Å². The highest BCUT2D eigenvalue weighted by Gasteiger charge is 2.27. The van der Waals surface area contributed by atoms with Crippen LogP contribution in [-0.2, 0) is 0 Å². The Morgan fingerprint density at radius 1 is 1.04 bits per heavy atom. The van der Waals surface area contributed by atoms with E-state index in [2.05, 4.69) is 40.5 Å². The third kappa shape index (κ3) is 6.85. The van der Waals surface area contributed by atoms with Crippen molar-refractivity contribution >= 4 is 11.9 Å². The number of hydrogen-bond acceptors (Lipinski definition) is 4. The predicted molar refractivity (Wildman–Crippen MR) is 120 cm³/mol. The van der Waals surface area contributed by atoms with Gasteiger partial charge in [0.1, 0.15) is 0 Å². The fourth-order valence-electron chi connectivity index (χ4n) is 4.24. The maximum absolute atomic E-state index is 8.43. The Labute approximate surface area is 173 Å². The molecule has 1 fully saturated rings. The van der Waals surface area contributed by atoms with Crippen molar-refractivity contribution in [1.82, 2.24) is 14.7 Å². The maximum atomic E-state index is 8.43. The summed E-state index contributed by atoms with van der Waals surface area (Å²) >= 11 is 0. The Bertz CT molecular complexity index is 491. The summed E-state index contributed by atoms with van der Waals surface area (Å²) in [6, 6.07) is 0.492. The second-order valence-corrected chi connectivity index (χ2v) is 8.73. The van der Waals surface area contributed by atoms with Crippen molar-refractivity contribution < 1.29 is 0 Å². The molecule has 2 heterocycles. The van der Waals surface area contributed by atoms with Crippen molar-refractivity contribution in [2.45, 2.75) is 84.6 Å². The smallest absolute Gasteiger partial charge is 0.193 e. The highest BCUT2D eigenvalue weighted by molar-refractivity contribution is 5.80. The first-order chi connectivity index (χ1) is 13.6. The molecular formula is C22H44N6. The van der Waals surface area contributed by atoms with Crippen LogP contribution in [0.3, 0.4) is 0 Å². The second kappa shape index (κ2) is 12.2. The van der Waals surface area contributed by atoms with Crippen LogP contribution in [0.4, 0.5) is 0 Å². The zero-order valence-electron chi connectivity index (χ0n) is 18.6. The van der Waals surface area contributed by atoms with Gasteiger partial charge in [-0.1, -0.05) is 52.9 Å². The zero-order chi connectivity index (χ0) is 20.4. The van der Waals surface area contributed by atoms with Crippen LogP contribution in [0.1, 0.15) is 78.6 Å². The van der Waals surface area contributed by atoms with Gasteiger partial charge in [-0.15, -0.1) is 0 Å². The van der Waals surface area contributed by atoms with Gasteiger partial charge in [-0.25, -0.2) is 0 Å². The fourth-order valence-corrected chi connectivity index (χ4v) is 4.24. The van der Waals surface area contributed by atoms with Crippen LogP contribution in [0, 0.1) is 11.3 Å². The van der Waals surface area contributed by atoms with Crippen LogP contribution >= 0.6 is 0 Å². The van der Waals surface area contributed by atoms with Gasteiger partial charge < -0.3 is 20.4 Å². The Balaban J connectivity index is 1.62. The number of rotatable bonds is 14. The third-order valence-electron chi connectivity index (χ3n) is 6.38. The summed E-state index contributed by atoms with van der Waals surface area (Å²) in [6.07, 6.45) is 11.2. The lowest BCUT2D eigenvalue weighted by molar-refractivity contribution is 0.304. The Morgan fingerprint density at radius 2 is 1.75 bits per heavy atom. The van der Waals surface area contributed by atoms with E-state index in [4.69, 9.17) is 11.1 Å². The van der Waals surface area contributed by atoms with Gasteiger partial charge in [0.15, 0.2) is 11.9 Å². The molecule has 0 aromatic rings. The van der Waals surface area contributed by atoms with Gasteiger partial charge in [-0.3, -0.25) is 10.4 Å². The maximum Gasteiger partial charge on any atom is 0.193 e. The molecule has 0 spiro atoms. The quantitative estimate of drug-likeness (QED) is 0.442. The minimum atomic E-state index is 0.492. The molecule has 162 valence electrons. The van der Waals surface area contributed by atoms with E-state index in [0.717, 1.165) is 64.0 Å². The fraction of sp³-hybridized carbons (Fsp3) is 0.909. The molecule has 1 saturated heterocycles. The summed E-state index contributed by atoms with van der Waals surface area (Å²) in [4.78, 5) is 11.3. The van der Waals surface area contributed by atoms with E-state index in [1.54, 1.807) is 0 Å². The molecular weight excluding hydrogens is 348 g/mol. The molecule has 2 rings (SSSR count). The highest BCUT2D eigenvalue weighted by atomic mass is 15.4. The molecule has 2 atom stereocenters. The summed E-state index contributed by atoms with van der Waals surface area (Å²) < 4.78 is 0. The van der Waals surface area contributed by atoms with Crippen LogP contribution in [0.15, 0.2) is 4.99 Å². The van der Waals surface area contributed by atoms with E-state index in [0.29, 0.717) is 12.0 Å². The molecule has 0 aromatic heterocycles. The Hall–Kier alpha value is -1.46. The number of aliphatic imine (C=N–C) groups is 1. The first-order valence-electron chi connectivity index (χ1n) is 11.7. The summed E-state index contributed by atoms with van der Waals surface area (Å²) in [7, 11) is 0. The van der Waals surface area contributed by atoms with Crippen molar-refractivity contribution in [3.8, 4) is 0 Å². The van der Waals surface area contributed by atoms with Gasteiger partial charge in [0.2, 0.25) is 0 Å². The van der Waals surface area contributed by atoms with Gasteiger partial charge in [-0.2, -0.15) is 0 Å². The molecule has 0 bridgehead atoms. The normalized spacial score (nSPS) is 21.0. The van der Waals surface area contributed by atoms with E-state index in [9.17, 15) is 0 Å². The first-order valence-corrected chi connectivity index (χ1v) is 11.7. The topological polar surface area (TPSA) is 72.0 Å². The van der Waals surface area contributed by atoms with Crippen LogP contribution in [0.2, 0.25) is 0 Å². The lowest BCUT2D eigenvalue weighted by Crippen LogP contribution is -2.41. The number of nitrogens with zero attached hydrogens (tertiary/aromatic N) is 4. The minimum Gasteiger partial charge on any atom is -0.370 e. The van der Waals surface area contributed by atoms with Crippen molar-refractivity contribution in [3.05, 3.63) is 0 Å². The molecule has 2 unspecified atom stereocenters. The highest BCUT2D eigenvalue weighted by Crippen LogP contribution is 2.18. The van der Waals surface area contributed by atoms with Crippen LogP contribution in [0.25, 0.3) is 0 Å². The summed E-state index contributed by atoms with van der Waals surface area (Å²) in [6.45, 7) is 12.8. The molecule has 6 heteroatoms. The van der Waals surface area contributed by atoms with Crippen molar-refractivity contribution in [3.63, 3.8) is 0 Å². The zero-order valence-corrected chi connectivity index (χ0v) is 18.6. The molecule has 0 saturated carbocycles. The van der Waals surface area contributed by atoms with Crippen LogP contribution < -0.4 is 5.73 Å². The second-order valence-electron chi connectivity index (χ2n) is 8.73. The van der Waals surface area contributed by atoms with E-state index in [1.807, 2.05) is 0 Å². The van der Waals surface area contributed by atoms with Crippen molar-refractivity contribution in [2.75, 3.05) is 39.3 Å². The average Bonchev–Trinajstić information content (AvgIpc) is 3.22. The molecule has 0 aliphatic carbocycles. The van der Waals surface area contributed by atoms with E-state index >= 15 is 0 Å². The largest absolute Gasteiger partial charge is 0.370 e. The standard InChI is InChI=1S/C22H44N6/c1-4-6-7-8-10-14-28-20(17-25-21(28)23)12-9-11-13-26-15-16-27(22(26)24)18-19(3)5-2/h19-20,24H,4-18H2,1-3H3,(H2,23,25). The van der Waals surface area contributed by atoms with Crippen molar-refractivity contribution in [2.24, 2.45) is 16.6 Å². The lowest BCUT2D eigenvalue weighted by atomic mass is 10.1. The number of nitrogens with one attached hydrogen (secondary N) is 1. The number of nitrogens with two attached hydrogens (primary N) is 1. The Morgan fingerprint density at radius 3 is 2.50 bits per heavy atom. The molecule has 6 nitrogen and oxygen atoms in total. The Kier molecular flexibility index (Phi) is 9.93. The SMILES string of the molecule is CCCCCCCN1C(N)=NCC1CCCCN1CCN(CC(C)CC)C1=N. The van der Waals surface area contributed by atoms with Gasteiger partial charge in [-0.05, 0) is 31.6 Å². The molecule has 28 heavy (non-hydrogen) atoms.